The number of hydrogen-bond donors (Lipinski definition) is 0. The topological polar surface area (TPSA) is 0 Å². The maximum absolute atomic E-state index is 15.2. The largest absolute Gasteiger partial charge is 0.206 e. The Balaban J connectivity index is 1.44. The van der Waals surface area contributed by atoms with Crippen LogP contribution in [0.15, 0.2) is 54.6 Å². The zero-order valence-electron chi connectivity index (χ0n) is 18.9. The van der Waals surface area contributed by atoms with Gasteiger partial charge in [-0.05, 0) is 71.9 Å². The summed E-state index contributed by atoms with van der Waals surface area (Å²) in [5, 5.41) is 1.64. The third-order valence-corrected chi connectivity index (χ3v) is 7.11. The van der Waals surface area contributed by atoms with Gasteiger partial charge in [-0.3, -0.25) is 0 Å². The molecule has 0 bridgehead atoms. The van der Waals surface area contributed by atoms with E-state index < -0.39 is 0 Å². The molecule has 0 saturated heterocycles. The highest BCUT2D eigenvalue weighted by atomic mass is 19.1. The number of hydrogen-bond acceptors (Lipinski definition) is 0. The van der Waals surface area contributed by atoms with Crippen LogP contribution in [0.2, 0.25) is 0 Å². The molecule has 1 aliphatic carbocycles. The van der Waals surface area contributed by atoms with Crippen molar-refractivity contribution in [1.29, 1.82) is 0 Å². The molecule has 0 N–H and O–H groups in total. The lowest BCUT2D eigenvalue weighted by atomic mass is 9.78. The van der Waals surface area contributed by atoms with Crippen LogP contribution in [0, 0.1) is 29.5 Å². The average molecular weight is 413 g/mol. The van der Waals surface area contributed by atoms with Crippen LogP contribution in [0.4, 0.5) is 4.39 Å². The number of aryl methyl sites for hydroxylation is 2. The highest BCUT2D eigenvalue weighted by molar-refractivity contribution is 5.85. The zero-order valence-corrected chi connectivity index (χ0v) is 18.9. The lowest BCUT2D eigenvalue weighted by Gasteiger charge is -2.27. The molecule has 0 radical (unpaired) electrons. The van der Waals surface area contributed by atoms with Crippen molar-refractivity contribution in [3.05, 3.63) is 82.7 Å². The van der Waals surface area contributed by atoms with Crippen LogP contribution in [-0.2, 0) is 12.8 Å². The van der Waals surface area contributed by atoms with E-state index in [1.807, 2.05) is 24.3 Å². The second kappa shape index (κ2) is 10.1. The van der Waals surface area contributed by atoms with Gasteiger partial charge in [0.15, 0.2) is 0 Å². The summed E-state index contributed by atoms with van der Waals surface area (Å²) in [5.74, 6) is 8.09. The minimum absolute atomic E-state index is 0.0468. The van der Waals surface area contributed by atoms with Crippen molar-refractivity contribution >= 4 is 10.8 Å². The van der Waals surface area contributed by atoms with Crippen LogP contribution < -0.4 is 0 Å². The summed E-state index contributed by atoms with van der Waals surface area (Å²) in [7, 11) is 0. The van der Waals surface area contributed by atoms with Gasteiger partial charge in [0.25, 0.3) is 0 Å². The van der Waals surface area contributed by atoms with Crippen molar-refractivity contribution in [1.82, 2.24) is 0 Å². The molecule has 3 aromatic carbocycles. The molecular formula is C30H33F. The Morgan fingerprint density at radius 2 is 1.48 bits per heavy atom. The van der Waals surface area contributed by atoms with Gasteiger partial charge in [0.2, 0.25) is 0 Å². The molecule has 0 amide bonds. The highest BCUT2D eigenvalue weighted by Gasteiger charge is 2.20. The smallest absolute Gasteiger partial charge is 0.134 e. The van der Waals surface area contributed by atoms with Crippen LogP contribution in [0.3, 0.4) is 0 Å². The molecule has 0 unspecified atom stereocenters. The van der Waals surface area contributed by atoms with Crippen LogP contribution >= 0.6 is 0 Å². The van der Waals surface area contributed by atoms with Gasteiger partial charge >= 0.3 is 0 Å². The van der Waals surface area contributed by atoms with Crippen molar-refractivity contribution in [2.45, 2.75) is 65.2 Å². The first-order valence-electron chi connectivity index (χ1n) is 12.0. The van der Waals surface area contributed by atoms with E-state index in [9.17, 15) is 0 Å². The molecule has 1 fully saturated rings. The van der Waals surface area contributed by atoms with Crippen LogP contribution in [-0.4, -0.2) is 0 Å². The van der Waals surface area contributed by atoms with E-state index >= 15 is 4.39 Å². The van der Waals surface area contributed by atoms with E-state index in [1.165, 1.54) is 37.7 Å². The molecule has 0 nitrogen and oxygen atoms in total. The summed E-state index contributed by atoms with van der Waals surface area (Å²) in [6.07, 6.45) is 9.64. The minimum atomic E-state index is -0.0468. The Kier molecular flexibility index (Phi) is 7.08. The molecule has 160 valence electrons. The number of benzene rings is 3. The van der Waals surface area contributed by atoms with Crippen LogP contribution in [0.5, 0.6) is 0 Å². The van der Waals surface area contributed by atoms with E-state index in [0.717, 1.165) is 53.2 Å². The highest BCUT2D eigenvalue weighted by Crippen LogP contribution is 2.33. The molecule has 0 aromatic heterocycles. The summed E-state index contributed by atoms with van der Waals surface area (Å²) < 4.78 is 15.2. The maximum atomic E-state index is 15.2. The number of fused-ring (bicyclic) bond motifs is 1. The Bertz CT molecular complexity index is 1070. The predicted molar refractivity (Wildman–Crippen MR) is 130 cm³/mol. The van der Waals surface area contributed by atoms with Gasteiger partial charge in [0.1, 0.15) is 5.82 Å². The fourth-order valence-electron chi connectivity index (χ4n) is 4.86. The fraction of sp³-hybridized carbons (Fsp3) is 0.400. The summed E-state index contributed by atoms with van der Waals surface area (Å²) >= 11 is 0. The second-order valence-corrected chi connectivity index (χ2v) is 9.11. The Hall–Kier alpha value is -2.59. The van der Waals surface area contributed by atoms with E-state index in [-0.39, 0.29) is 5.82 Å². The minimum Gasteiger partial charge on any atom is -0.206 e. The quantitative estimate of drug-likeness (QED) is 0.371. The molecule has 0 spiro atoms. The van der Waals surface area contributed by atoms with Gasteiger partial charge in [-0.2, -0.15) is 0 Å². The molecule has 4 rings (SSSR count). The first kappa shape index (κ1) is 21.6. The monoisotopic (exact) mass is 412 g/mol. The molecule has 3 aromatic rings. The van der Waals surface area contributed by atoms with Crippen molar-refractivity contribution in [2.24, 2.45) is 11.8 Å². The molecule has 1 heteroatoms. The summed E-state index contributed by atoms with van der Waals surface area (Å²) in [6, 6.07) is 18.2. The van der Waals surface area contributed by atoms with Gasteiger partial charge in [0, 0.05) is 16.5 Å². The van der Waals surface area contributed by atoms with Crippen molar-refractivity contribution in [3.63, 3.8) is 0 Å². The predicted octanol–water partition coefficient (Wildman–Crippen LogP) is 8.09. The summed E-state index contributed by atoms with van der Waals surface area (Å²) in [6.45, 7) is 4.45. The third-order valence-electron chi connectivity index (χ3n) is 7.11. The maximum Gasteiger partial charge on any atom is 0.134 e. The standard InChI is InChI=1S/C30H33F/c1-3-22-5-9-24(10-6-22)13-14-26-16-20-29-28(21-26)19-18-27(30(29)31)17-15-25-11-7-23(4-2)8-12-25/h5-6,9-10,16,18-21,23,25H,3-4,7-8,11-12,15,17H2,1-2H3. The molecule has 0 atom stereocenters. The summed E-state index contributed by atoms with van der Waals surface area (Å²) in [4.78, 5) is 0. The third kappa shape index (κ3) is 5.37. The average Bonchev–Trinajstić information content (AvgIpc) is 2.83. The Labute approximate surface area is 186 Å². The van der Waals surface area contributed by atoms with Crippen molar-refractivity contribution < 1.29 is 4.39 Å². The molecular weight excluding hydrogens is 379 g/mol. The van der Waals surface area contributed by atoms with E-state index in [1.54, 1.807) is 0 Å². The van der Waals surface area contributed by atoms with Gasteiger partial charge in [0.05, 0.1) is 0 Å². The molecule has 0 aliphatic heterocycles. The lowest BCUT2D eigenvalue weighted by Crippen LogP contribution is -2.14. The molecule has 1 aliphatic rings. The lowest BCUT2D eigenvalue weighted by molar-refractivity contribution is 0.258. The van der Waals surface area contributed by atoms with Gasteiger partial charge in [-0.15, -0.1) is 0 Å². The normalized spacial score (nSPS) is 18.5. The first-order chi connectivity index (χ1) is 15.2. The second-order valence-electron chi connectivity index (χ2n) is 9.11. The Morgan fingerprint density at radius 3 is 2.19 bits per heavy atom. The number of halogens is 1. The SMILES string of the molecule is CCc1ccc(C#Cc2ccc3c(F)c(CCC4CCC(CC)CC4)ccc3c2)cc1. The van der Waals surface area contributed by atoms with Crippen molar-refractivity contribution in [2.75, 3.05) is 0 Å². The van der Waals surface area contributed by atoms with Gasteiger partial charge in [-0.25, -0.2) is 4.39 Å². The van der Waals surface area contributed by atoms with Gasteiger partial charge in [-0.1, -0.05) is 88.1 Å². The van der Waals surface area contributed by atoms with Crippen LogP contribution in [0.1, 0.15) is 74.6 Å². The zero-order chi connectivity index (χ0) is 21.6. The molecule has 1 saturated carbocycles. The molecule has 0 heterocycles. The van der Waals surface area contributed by atoms with E-state index in [0.29, 0.717) is 5.39 Å². The summed E-state index contributed by atoms with van der Waals surface area (Å²) in [5.41, 5.74) is 4.11. The first-order valence-corrected chi connectivity index (χ1v) is 12.0. The fourth-order valence-corrected chi connectivity index (χ4v) is 4.86. The van der Waals surface area contributed by atoms with Gasteiger partial charge < -0.3 is 0 Å². The van der Waals surface area contributed by atoms with Crippen molar-refractivity contribution in [3.8, 4) is 11.8 Å². The molecule has 31 heavy (non-hydrogen) atoms. The van der Waals surface area contributed by atoms with E-state index in [2.05, 4.69) is 56.0 Å². The Morgan fingerprint density at radius 1 is 0.806 bits per heavy atom. The van der Waals surface area contributed by atoms with Crippen LogP contribution in [0.25, 0.3) is 10.8 Å². The van der Waals surface area contributed by atoms with E-state index in [4.69, 9.17) is 0 Å². The number of rotatable bonds is 5.